The number of anilines is 1. The molecular weight excluding hydrogens is 380 g/mol. The Kier molecular flexibility index (Phi) is 8.00. The maximum absolute atomic E-state index is 12.6. The average Bonchev–Trinajstić information content (AvgIpc) is 3.02. The number of hydrogen-bond donors (Lipinski definition) is 1. The van der Waals surface area contributed by atoms with Crippen LogP contribution in [-0.2, 0) is 31.9 Å². The van der Waals surface area contributed by atoms with Gasteiger partial charge >= 0.3 is 11.9 Å². The molecule has 2 atom stereocenters. The van der Waals surface area contributed by atoms with Crippen molar-refractivity contribution >= 4 is 34.2 Å². The molecule has 28 heavy (non-hydrogen) atoms. The number of methoxy groups -OCH3 is 2. The van der Waals surface area contributed by atoms with Crippen LogP contribution in [0.1, 0.15) is 48.0 Å². The molecule has 1 amide bonds. The first-order valence-corrected chi connectivity index (χ1v) is 10.4. The van der Waals surface area contributed by atoms with Gasteiger partial charge < -0.3 is 14.8 Å². The molecular formula is C20H30N2O5S. The highest BCUT2D eigenvalue weighted by atomic mass is 32.1. The van der Waals surface area contributed by atoms with Crippen LogP contribution in [0.4, 0.5) is 5.00 Å². The number of ether oxygens (including phenoxy) is 2. The monoisotopic (exact) mass is 410 g/mol. The Morgan fingerprint density at radius 1 is 1.29 bits per heavy atom. The smallest absolute Gasteiger partial charge is 0.341 e. The average molecular weight is 411 g/mol. The van der Waals surface area contributed by atoms with Crippen molar-refractivity contribution in [1.82, 2.24) is 4.90 Å². The van der Waals surface area contributed by atoms with E-state index >= 15 is 0 Å². The van der Waals surface area contributed by atoms with Crippen LogP contribution in [0.2, 0.25) is 0 Å². The third kappa shape index (κ3) is 5.32. The summed E-state index contributed by atoms with van der Waals surface area (Å²) in [6, 6.07) is 0. The number of hydrogen-bond acceptors (Lipinski definition) is 7. The fourth-order valence-electron chi connectivity index (χ4n) is 3.49. The quantitative estimate of drug-likeness (QED) is 0.664. The van der Waals surface area contributed by atoms with Crippen LogP contribution >= 0.6 is 11.3 Å². The summed E-state index contributed by atoms with van der Waals surface area (Å²) in [6.45, 7) is 7.09. The third-order valence-corrected chi connectivity index (χ3v) is 6.27. The second-order valence-electron chi connectivity index (χ2n) is 7.35. The zero-order valence-corrected chi connectivity index (χ0v) is 18.1. The van der Waals surface area contributed by atoms with E-state index in [2.05, 4.69) is 12.2 Å². The first kappa shape index (κ1) is 22.4. The lowest BCUT2D eigenvalue weighted by molar-refractivity contribution is -0.145. The SMILES string of the molecule is CCN(CC(=O)Nc1sc2c(c1C(=O)OC)CCC(C)C2)CC(C)C(=O)OC. The zero-order chi connectivity index (χ0) is 20.8. The molecule has 0 saturated carbocycles. The predicted molar refractivity (Wildman–Crippen MR) is 109 cm³/mol. The van der Waals surface area contributed by atoms with Gasteiger partial charge in [0.2, 0.25) is 5.91 Å². The molecule has 1 aromatic heterocycles. The first-order chi connectivity index (χ1) is 13.3. The van der Waals surface area contributed by atoms with Gasteiger partial charge in [0.25, 0.3) is 0 Å². The van der Waals surface area contributed by atoms with Gasteiger partial charge in [0, 0.05) is 11.4 Å². The van der Waals surface area contributed by atoms with E-state index < -0.39 is 5.97 Å². The standard InChI is InChI=1S/C20H30N2O5S/c1-6-22(10-13(3)19(24)26-4)11-16(23)21-18-17(20(25)27-5)14-8-7-12(2)9-15(14)28-18/h12-13H,6-11H2,1-5H3,(H,21,23). The minimum absolute atomic E-state index is 0.136. The number of nitrogens with one attached hydrogen (secondary N) is 1. The summed E-state index contributed by atoms with van der Waals surface area (Å²) in [5, 5.41) is 3.46. The molecule has 1 N–H and O–H groups in total. The normalized spacial score (nSPS) is 17.0. The third-order valence-electron chi connectivity index (χ3n) is 5.10. The number of thiophene rings is 1. The Labute approximate surface area is 170 Å². The molecule has 2 rings (SSSR count). The fraction of sp³-hybridized carbons (Fsp3) is 0.650. The van der Waals surface area contributed by atoms with Gasteiger partial charge in [0.05, 0.1) is 32.2 Å². The molecule has 8 heteroatoms. The number of carbonyl (C=O) groups is 3. The number of fused-ring (bicyclic) bond motifs is 1. The van der Waals surface area contributed by atoms with Crippen molar-refractivity contribution in [1.29, 1.82) is 0 Å². The maximum atomic E-state index is 12.6. The van der Waals surface area contributed by atoms with E-state index in [0.717, 1.165) is 29.7 Å². The molecule has 1 heterocycles. The van der Waals surface area contributed by atoms with Crippen LogP contribution in [0.15, 0.2) is 0 Å². The molecule has 2 unspecified atom stereocenters. The number of carbonyl (C=O) groups excluding carboxylic acids is 3. The van der Waals surface area contributed by atoms with Crippen LogP contribution in [0.25, 0.3) is 0 Å². The number of rotatable bonds is 8. The highest BCUT2D eigenvalue weighted by Gasteiger charge is 2.29. The summed E-state index contributed by atoms with van der Waals surface area (Å²) >= 11 is 1.47. The van der Waals surface area contributed by atoms with Crippen molar-refractivity contribution in [2.45, 2.75) is 40.0 Å². The van der Waals surface area contributed by atoms with Gasteiger partial charge in [-0.25, -0.2) is 4.79 Å². The Balaban J connectivity index is 2.12. The Morgan fingerprint density at radius 2 is 2.00 bits per heavy atom. The summed E-state index contributed by atoms with van der Waals surface area (Å²) in [7, 11) is 2.71. The summed E-state index contributed by atoms with van der Waals surface area (Å²) < 4.78 is 9.71. The molecule has 0 bridgehead atoms. The van der Waals surface area contributed by atoms with E-state index in [1.807, 2.05) is 11.8 Å². The van der Waals surface area contributed by atoms with Crippen molar-refractivity contribution in [3.8, 4) is 0 Å². The lowest BCUT2D eigenvalue weighted by Gasteiger charge is -2.22. The first-order valence-electron chi connectivity index (χ1n) is 9.63. The Morgan fingerprint density at radius 3 is 2.61 bits per heavy atom. The molecule has 156 valence electrons. The topological polar surface area (TPSA) is 84.9 Å². The minimum atomic E-state index is -0.408. The van der Waals surface area contributed by atoms with Crippen LogP contribution in [0.5, 0.6) is 0 Å². The van der Waals surface area contributed by atoms with Crippen molar-refractivity contribution in [2.24, 2.45) is 11.8 Å². The second-order valence-corrected chi connectivity index (χ2v) is 8.45. The largest absolute Gasteiger partial charge is 0.469 e. The van der Waals surface area contributed by atoms with E-state index in [1.165, 1.54) is 25.6 Å². The van der Waals surface area contributed by atoms with E-state index in [4.69, 9.17) is 9.47 Å². The molecule has 0 radical (unpaired) electrons. The van der Waals surface area contributed by atoms with Crippen LogP contribution in [0, 0.1) is 11.8 Å². The maximum Gasteiger partial charge on any atom is 0.341 e. The summed E-state index contributed by atoms with van der Waals surface area (Å²) in [4.78, 5) is 39.6. The minimum Gasteiger partial charge on any atom is -0.469 e. The molecule has 1 aliphatic rings. The highest BCUT2D eigenvalue weighted by Crippen LogP contribution is 2.40. The molecule has 0 aromatic carbocycles. The van der Waals surface area contributed by atoms with Gasteiger partial charge in [-0.15, -0.1) is 11.3 Å². The predicted octanol–water partition coefficient (Wildman–Crippen LogP) is 2.73. The molecule has 0 fully saturated rings. The molecule has 1 aliphatic carbocycles. The zero-order valence-electron chi connectivity index (χ0n) is 17.3. The Hall–Kier alpha value is -1.93. The molecule has 0 saturated heterocycles. The van der Waals surface area contributed by atoms with Crippen molar-refractivity contribution < 1.29 is 23.9 Å². The molecule has 7 nitrogen and oxygen atoms in total. The van der Waals surface area contributed by atoms with Gasteiger partial charge in [-0.2, -0.15) is 0 Å². The number of likely N-dealkylation sites (N-methyl/N-ethyl adjacent to an activating group) is 1. The van der Waals surface area contributed by atoms with Gasteiger partial charge in [0.1, 0.15) is 5.00 Å². The van der Waals surface area contributed by atoms with Gasteiger partial charge in [-0.05, 0) is 37.3 Å². The van der Waals surface area contributed by atoms with Crippen LogP contribution in [-0.4, -0.2) is 56.6 Å². The van der Waals surface area contributed by atoms with E-state index in [1.54, 1.807) is 6.92 Å². The van der Waals surface area contributed by atoms with Gasteiger partial charge in [0.15, 0.2) is 0 Å². The number of nitrogens with zero attached hydrogens (tertiary/aromatic N) is 1. The van der Waals surface area contributed by atoms with Gasteiger partial charge in [-0.1, -0.05) is 20.8 Å². The summed E-state index contributed by atoms with van der Waals surface area (Å²) in [5.74, 6) is -0.675. The highest BCUT2D eigenvalue weighted by molar-refractivity contribution is 7.17. The molecule has 1 aromatic rings. The van der Waals surface area contributed by atoms with Crippen molar-refractivity contribution in [3.05, 3.63) is 16.0 Å². The number of amides is 1. The summed E-state index contributed by atoms with van der Waals surface area (Å²) in [5.41, 5.74) is 1.51. The van der Waals surface area contributed by atoms with Gasteiger partial charge in [-0.3, -0.25) is 14.5 Å². The van der Waals surface area contributed by atoms with Crippen molar-refractivity contribution in [3.63, 3.8) is 0 Å². The number of esters is 2. The molecule has 0 aliphatic heterocycles. The van der Waals surface area contributed by atoms with E-state index in [0.29, 0.717) is 29.6 Å². The summed E-state index contributed by atoms with van der Waals surface area (Å²) in [6.07, 6.45) is 2.76. The Bertz CT molecular complexity index is 730. The van der Waals surface area contributed by atoms with Crippen LogP contribution < -0.4 is 5.32 Å². The fourth-order valence-corrected chi connectivity index (χ4v) is 4.91. The molecule has 0 spiro atoms. The van der Waals surface area contributed by atoms with Crippen LogP contribution in [0.3, 0.4) is 0 Å². The van der Waals surface area contributed by atoms with E-state index in [9.17, 15) is 14.4 Å². The van der Waals surface area contributed by atoms with Crippen molar-refractivity contribution in [2.75, 3.05) is 39.2 Å². The lowest BCUT2D eigenvalue weighted by Crippen LogP contribution is -2.38. The lowest BCUT2D eigenvalue weighted by atomic mass is 9.88. The van der Waals surface area contributed by atoms with E-state index in [-0.39, 0.29) is 24.3 Å². The second kappa shape index (κ2) is 10.0.